The summed E-state index contributed by atoms with van der Waals surface area (Å²) < 4.78 is 5.12. The third-order valence-corrected chi connectivity index (χ3v) is 3.34. The number of anilines is 1. The summed E-state index contributed by atoms with van der Waals surface area (Å²) in [6, 6.07) is 15.0. The first-order valence-corrected chi connectivity index (χ1v) is 7.44. The molecule has 0 atom stereocenters. The molecule has 2 aromatic carbocycles. The number of aryl methyl sites for hydroxylation is 1. The van der Waals surface area contributed by atoms with E-state index in [4.69, 9.17) is 16.3 Å². The van der Waals surface area contributed by atoms with E-state index in [1.807, 2.05) is 31.2 Å². The Labute approximate surface area is 135 Å². The number of carbonyl (C=O) groups is 1. The minimum absolute atomic E-state index is 0.328. The molecule has 0 amide bonds. The van der Waals surface area contributed by atoms with Crippen LogP contribution in [0.5, 0.6) is 0 Å². The predicted octanol–water partition coefficient (Wildman–Crippen LogP) is 4.66. The Morgan fingerprint density at radius 2 is 1.77 bits per heavy atom. The molecule has 114 valence electrons. The molecule has 2 aromatic rings. The number of rotatable bonds is 5. The maximum atomic E-state index is 12.1. The zero-order valence-corrected chi connectivity index (χ0v) is 13.4. The smallest absolute Gasteiger partial charge is 0.340 e. The lowest BCUT2D eigenvalue weighted by Crippen LogP contribution is -2.08. The van der Waals surface area contributed by atoms with Gasteiger partial charge < -0.3 is 10.1 Å². The van der Waals surface area contributed by atoms with Crippen LogP contribution in [0, 0.1) is 6.92 Å². The van der Waals surface area contributed by atoms with Crippen molar-refractivity contribution in [2.45, 2.75) is 13.8 Å². The molecule has 1 N–H and O–H groups in total. The van der Waals surface area contributed by atoms with Crippen molar-refractivity contribution in [2.24, 2.45) is 0 Å². The molecule has 0 aliphatic heterocycles. The van der Waals surface area contributed by atoms with E-state index in [2.05, 4.69) is 5.32 Å². The molecule has 0 aliphatic rings. The minimum Gasteiger partial charge on any atom is -0.462 e. The molecular weight excluding hydrogens is 298 g/mol. The molecule has 2 rings (SSSR count). The van der Waals surface area contributed by atoms with Gasteiger partial charge in [-0.15, -0.1) is 0 Å². The van der Waals surface area contributed by atoms with Crippen molar-refractivity contribution in [3.05, 3.63) is 70.9 Å². The Bertz CT molecular complexity index is 660. The molecule has 0 spiro atoms. The number of hydrogen-bond acceptors (Lipinski definition) is 3. The summed E-state index contributed by atoms with van der Waals surface area (Å²) in [7, 11) is 0. The summed E-state index contributed by atoms with van der Waals surface area (Å²) in [5.74, 6) is -0.371. The number of ether oxygens (including phenoxy) is 1. The zero-order chi connectivity index (χ0) is 15.9. The monoisotopic (exact) mass is 315 g/mol. The van der Waals surface area contributed by atoms with E-state index in [0.717, 1.165) is 11.3 Å². The molecule has 0 saturated carbocycles. The molecular formula is C18H18ClNO2. The number of hydrogen-bond donors (Lipinski definition) is 1. The van der Waals surface area contributed by atoms with E-state index in [0.29, 0.717) is 17.2 Å². The first kappa shape index (κ1) is 16.1. The van der Waals surface area contributed by atoms with Gasteiger partial charge in [0.25, 0.3) is 0 Å². The van der Waals surface area contributed by atoms with Gasteiger partial charge in [0.1, 0.15) is 0 Å². The van der Waals surface area contributed by atoms with E-state index in [-0.39, 0.29) is 5.97 Å². The molecule has 0 fully saturated rings. The van der Waals surface area contributed by atoms with Crippen molar-refractivity contribution in [3.63, 3.8) is 0 Å². The highest BCUT2D eigenvalue weighted by Crippen LogP contribution is 2.20. The lowest BCUT2D eigenvalue weighted by molar-refractivity contribution is -0.136. The molecule has 4 heteroatoms. The van der Waals surface area contributed by atoms with Crippen LogP contribution in [-0.2, 0) is 9.53 Å². The number of halogens is 1. The van der Waals surface area contributed by atoms with Crippen LogP contribution >= 0.6 is 11.6 Å². The Hall–Kier alpha value is -2.26. The second-order valence-corrected chi connectivity index (χ2v) is 5.23. The Morgan fingerprint density at radius 1 is 1.14 bits per heavy atom. The SMILES string of the molecule is CCOC(=O)/C(=C/Nc1ccc(C)cc1)c1ccc(Cl)cc1. The van der Waals surface area contributed by atoms with Gasteiger partial charge in [0.15, 0.2) is 0 Å². The van der Waals surface area contributed by atoms with Gasteiger partial charge in [0.05, 0.1) is 12.2 Å². The van der Waals surface area contributed by atoms with Crippen LogP contribution in [-0.4, -0.2) is 12.6 Å². The quantitative estimate of drug-likeness (QED) is 0.644. The fourth-order valence-electron chi connectivity index (χ4n) is 1.90. The normalized spacial score (nSPS) is 11.1. The molecule has 0 heterocycles. The Morgan fingerprint density at radius 3 is 2.36 bits per heavy atom. The van der Waals surface area contributed by atoms with Gasteiger partial charge in [-0.05, 0) is 43.7 Å². The zero-order valence-electron chi connectivity index (χ0n) is 12.6. The number of carbonyl (C=O) groups excluding carboxylic acids is 1. The van der Waals surface area contributed by atoms with Gasteiger partial charge in [-0.3, -0.25) is 0 Å². The molecule has 0 saturated heterocycles. The first-order chi connectivity index (χ1) is 10.6. The van der Waals surface area contributed by atoms with E-state index in [1.165, 1.54) is 5.56 Å². The fourth-order valence-corrected chi connectivity index (χ4v) is 2.03. The molecule has 0 aromatic heterocycles. The van der Waals surface area contributed by atoms with Crippen LogP contribution in [0.1, 0.15) is 18.1 Å². The van der Waals surface area contributed by atoms with Crippen molar-refractivity contribution >= 4 is 28.8 Å². The summed E-state index contributed by atoms with van der Waals surface area (Å²) in [4.78, 5) is 12.1. The fraction of sp³-hybridized carbons (Fsp3) is 0.167. The summed E-state index contributed by atoms with van der Waals surface area (Å²) in [6.07, 6.45) is 1.66. The largest absolute Gasteiger partial charge is 0.462 e. The van der Waals surface area contributed by atoms with E-state index in [9.17, 15) is 4.79 Å². The van der Waals surface area contributed by atoms with Gasteiger partial charge >= 0.3 is 5.97 Å². The van der Waals surface area contributed by atoms with Crippen LogP contribution < -0.4 is 5.32 Å². The van der Waals surface area contributed by atoms with E-state index >= 15 is 0 Å². The van der Waals surface area contributed by atoms with Crippen molar-refractivity contribution < 1.29 is 9.53 Å². The maximum absolute atomic E-state index is 12.1. The highest BCUT2D eigenvalue weighted by molar-refractivity contribution is 6.30. The van der Waals surface area contributed by atoms with Crippen LogP contribution in [0.2, 0.25) is 5.02 Å². The Kier molecular flexibility index (Phi) is 5.61. The number of nitrogens with one attached hydrogen (secondary N) is 1. The average molecular weight is 316 g/mol. The van der Waals surface area contributed by atoms with E-state index in [1.54, 1.807) is 37.4 Å². The van der Waals surface area contributed by atoms with Gasteiger partial charge in [-0.2, -0.15) is 0 Å². The lowest BCUT2D eigenvalue weighted by Gasteiger charge is -2.09. The summed E-state index contributed by atoms with van der Waals surface area (Å²) >= 11 is 5.89. The molecule has 0 unspecified atom stereocenters. The van der Waals surface area contributed by atoms with Crippen molar-refractivity contribution in [1.29, 1.82) is 0 Å². The topological polar surface area (TPSA) is 38.3 Å². The lowest BCUT2D eigenvalue weighted by atomic mass is 10.1. The summed E-state index contributed by atoms with van der Waals surface area (Å²) in [5.41, 5.74) is 3.29. The second-order valence-electron chi connectivity index (χ2n) is 4.80. The van der Waals surface area contributed by atoms with Crippen molar-refractivity contribution in [1.82, 2.24) is 0 Å². The minimum atomic E-state index is -0.371. The maximum Gasteiger partial charge on any atom is 0.340 e. The average Bonchev–Trinajstić information content (AvgIpc) is 2.51. The highest BCUT2D eigenvalue weighted by atomic mass is 35.5. The van der Waals surface area contributed by atoms with Gasteiger partial charge in [0.2, 0.25) is 0 Å². The van der Waals surface area contributed by atoms with Crippen molar-refractivity contribution in [2.75, 3.05) is 11.9 Å². The summed E-state index contributed by atoms with van der Waals surface area (Å²) in [6.45, 7) is 4.14. The van der Waals surface area contributed by atoms with E-state index < -0.39 is 0 Å². The molecule has 0 bridgehead atoms. The molecule has 0 radical (unpaired) electrons. The predicted molar refractivity (Wildman–Crippen MR) is 90.9 cm³/mol. The van der Waals surface area contributed by atoms with Gasteiger partial charge in [-0.1, -0.05) is 41.4 Å². The van der Waals surface area contributed by atoms with Crippen LogP contribution in [0.3, 0.4) is 0 Å². The third-order valence-electron chi connectivity index (χ3n) is 3.09. The van der Waals surface area contributed by atoms with Crippen molar-refractivity contribution in [3.8, 4) is 0 Å². The number of esters is 1. The third kappa shape index (κ3) is 4.37. The molecule has 0 aliphatic carbocycles. The first-order valence-electron chi connectivity index (χ1n) is 7.06. The van der Waals surface area contributed by atoms with Gasteiger partial charge in [0, 0.05) is 16.9 Å². The Balaban J connectivity index is 2.27. The molecule has 22 heavy (non-hydrogen) atoms. The van der Waals surface area contributed by atoms with Crippen LogP contribution in [0.4, 0.5) is 5.69 Å². The van der Waals surface area contributed by atoms with Crippen LogP contribution in [0.25, 0.3) is 5.57 Å². The standard InChI is InChI=1S/C18H18ClNO2/c1-3-22-18(21)17(14-6-8-15(19)9-7-14)12-20-16-10-4-13(2)5-11-16/h4-12,20H,3H2,1-2H3/b17-12+. The highest BCUT2D eigenvalue weighted by Gasteiger charge is 2.13. The molecule has 3 nitrogen and oxygen atoms in total. The van der Waals surface area contributed by atoms with Crippen LogP contribution in [0.15, 0.2) is 54.7 Å². The second kappa shape index (κ2) is 7.66. The number of benzene rings is 2. The summed E-state index contributed by atoms with van der Waals surface area (Å²) in [5, 5.41) is 3.75. The van der Waals surface area contributed by atoms with Gasteiger partial charge in [-0.25, -0.2) is 4.79 Å².